The van der Waals surface area contributed by atoms with Crippen LogP contribution in [-0.4, -0.2) is 45.5 Å². The number of hydrogen-bond donors (Lipinski definition) is 1. The van der Waals surface area contributed by atoms with Gasteiger partial charge in [-0.25, -0.2) is 4.79 Å². The lowest BCUT2D eigenvalue weighted by molar-refractivity contribution is 0.0546. The van der Waals surface area contributed by atoms with Crippen LogP contribution in [0, 0.1) is 0 Å². The molecule has 1 aliphatic rings. The van der Waals surface area contributed by atoms with E-state index in [2.05, 4.69) is 16.3 Å². The van der Waals surface area contributed by atoms with E-state index in [1.165, 1.54) is 0 Å². The summed E-state index contributed by atoms with van der Waals surface area (Å²) < 4.78 is 16.3. The molecule has 1 amide bonds. The van der Waals surface area contributed by atoms with Crippen molar-refractivity contribution in [1.29, 1.82) is 0 Å². The van der Waals surface area contributed by atoms with Crippen LogP contribution in [0.5, 0.6) is 5.75 Å². The Morgan fingerprint density at radius 2 is 1.96 bits per heavy atom. The number of benzene rings is 2. The first-order valence-corrected chi connectivity index (χ1v) is 9.08. The second kappa shape index (κ2) is 9.28. The average molecular weight is 370 g/mol. The number of carbonyl (C=O) groups excluding carboxylic acids is 1. The highest BCUT2D eigenvalue weighted by Crippen LogP contribution is 2.25. The van der Waals surface area contributed by atoms with E-state index in [9.17, 15) is 4.79 Å². The fraction of sp³-hybridized carbons (Fsp3) is 0.381. The number of nitrogens with zero attached hydrogens (tertiary/aromatic N) is 1. The van der Waals surface area contributed by atoms with Gasteiger partial charge in [0.15, 0.2) is 0 Å². The number of methoxy groups -OCH3 is 2. The Kier molecular flexibility index (Phi) is 6.54. The number of nitrogens with one attached hydrogen (secondary N) is 1. The largest absolute Gasteiger partial charge is 0.497 e. The monoisotopic (exact) mass is 370 g/mol. The van der Waals surface area contributed by atoms with Crippen molar-refractivity contribution in [1.82, 2.24) is 5.32 Å². The fourth-order valence-corrected chi connectivity index (χ4v) is 3.28. The maximum atomic E-state index is 12.2. The molecule has 1 fully saturated rings. The van der Waals surface area contributed by atoms with Crippen LogP contribution in [0.1, 0.15) is 12.0 Å². The first-order chi connectivity index (χ1) is 13.2. The Hall–Kier alpha value is -2.73. The van der Waals surface area contributed by atoms with Gasteiger partial charge in [-0.2, -0.15) is 0 Å². The molecule has 0 saturated carbocycles. The van der Waals surface area contributed by atoms with Gasteiger partial charge in [0.25, 0.3) is 0 Å². The van der Waals surface area contributed by atoms with Crippen LogP contribution in [-0.2, 0) is 16.1 Å². The first kappa shape index (κ1) is 19.0. The Bertz CT molecular complexity index is 738. The van der Waals surface area contributed by atoms with Gasteiger partial charge in [0, 0.05) is 32.0 Å². The van der Waals surface area contributed by atoms with Gasteiger partial charge in [-0.05, 0) is 24.1 Å². The molecule has 0 radical (unpaired) electrons. The second-order valence-corrected chi connectivity index (χ2v) is 6.52. The molecule has 6 nitrogen and oxygen atoms in total. The third kappa shape index (κ3) is 5.14. The minimum absolute atomic E-state index is 0.0832. The molecule has 144 valence electrons. The number of amides is 1. The van der Waals surface area contributed by atoms with Gasteiger partial charge >= 0.3 is 6.09 Å². The van der Waals surface area contributed by atoms with E-state index in [0.29, 0.717) is 6.54 Å². The summed E-state index contributed by atoms with van der Waals surface area (Å²) in [6, 6.07) is 17.5. The third-order valence-corrected chi connectivity index (χ3v) is 4.80. The van der Waals surface area contributed by atoms with Crippen molar-refractivity contribution in [3.63, 3.8) is 0 Å². The molecule has 1 aliphatic heterocycles. The Morgan fingerprint density at radius 3 is 2.70 bits per heavy atom. The summed E-state index contributed by atoms with van der Waals surface area (Å²) in [6.07, 6.45) is 0.242. The van der Waals surface area contributed by atoms with Crippen molar-refractivity contribution in [3.05, 3.63) is 60.2 Å². The van der Waals surface area contributed by atoms with Gasteiger partial charge in [-0.15, -0.1) is 0 Å². The summed E-state index contributed by atoms with van der Waals surface area (Å²) in [5.41, 5.74) is 2.05. The molecule has 6 heteroatoms. The molecule has 0 bridgehead atoms. The lowest BCUT2D eigenvalue weighted by Gasteiger charge is -2.39. The summed E-state index contributed by atoms with van der Waals surface area (Å²) in [7, 11) is 3.33. The van der Waals surface area contributed by atoms with Crippen LogP contribution in [0.25, 0.3) is 0 Å². The minimum atomic E-state index is -0.416. The zero-order valence-electron chi connectivity index (χ0n) is 15.8. The number of piperidine rings is 1. The minimum Gasteiger partial charge on any atom is -0.497 e. The topological polar surface area (TPSA) is 60.0 Å². The summed E-state index contributed by atoms with van der Waals surface area (Å²) in [4.78, 5) is 14.4. The molecule has 0 spiro atoms. The smallest absolute Gasteiger partial charge is 0.407 e. The van der Waals surface area contributed by atoms with E-state index in [4.69, 9.17) is 14.2 Å². The standard InChI is InChI=1S/C21H26N2O4/c1-25-18-10-6-9-17(13-18)23-12-11-19(20(14-23)26-2)22-21(24)27-15-16-7-4-3-5-8-16/h3-10,13,19-20H,11-12,14-15H2,1-2H3,(H,22,24)/t19-,20+/m0/s1. The van der Waals surface area contributed by atoms with Crippen LogP contribution < -0.4 is 15.0 Å². The van der Waals surface area contributed by atoms with Gasteiger partial charge in [0.05, 0.1) is 19.3 Å². The molecule has 0 unspecified atom stereocenters. The molecule has 1 saturated heterocycles. The van der Waals surface area contributed by atoms with Crippen molar-refractivity contribution in [2.24, 2.45) is 0 Å². The fourth-order valence-electron chi connectivity index (χ4n) is 3.28. The number of alkyl carbamates (subject to hydrolysis) is 1. The highest BCUT2D eigenvalue weighted by Gasteiger charge is 2.31. The molecule has 0 aromatic heterocycles. The molecular weight excluding hydrogens is 344 g/mol. The Morgan fingerprint density at radius 1 is 1.15 bits per heavy atom. The van der Waals surface area contributed by atoms with Crippen molar-refractivity contribution >= 4 is 11.8 Å². The summed E-state index contributed by atoms with van der Waals surface area (Å²) in [5.74, 6) is 0.825. The second-order valence-electron chi connectivity index (χ2n) is 6.52. The molecule has 2 aromatic carbocycles. The van der Waals surface area contributed by atoms with Crippen LogP contribution in [0.3, 0.4) is 0 Å². The van der Waals surface area contributed by atoms with E-state index >= 15 is 0 Å². The predicted octanol–water partition coefficient (Wildman–Crippen LogP) is 3.22. The number of hydrogen-bond acceptors (Lipinski definition) is 5. The molecule has 0 aliphatic carbocycles. The molecule has 3 rings (SSSR count). The van der Waals surface area contributed by atoms with E-state index < -0.39 is 6.09 Å². The quantitative estimate of drug-likeness (QED) is 0.846. The van der Waals surface area contributed by atoms with E-state index in [1.807, 2.05) is 48.5 Å². The van der Waals surface area contributed by atoms with Gasteiger partial charge in [-0.1, -0.05) is 36.4 Å². The van der Waals surface area contributed by atoms with E-state index in [1.54, 1.807) is 14.2 Å². The Labute approximate surface area is 160 Å². The number of rotatable bonds is 6. The van der Waals surface area contributed by atoms with Crippen LogP contribution in [0.15, 0.2) is 54.6 Å². The van der Waals surface area contributed by atoms with Crippen molar-refractivity contribution < 1.29 is 19.0 Å². The summed E-state index contributed by atoms with van der Waals surface area (Å²) in [6.45, 7) is 1.76. The zero-order valence-corrected chi connectivity index (χ0v) is 15.8. The normalized spacial score (nSPS) is 19.4. The van der Waals surface area contributed by atoms with Gasteiger partial charge < -0.3 is 24.4 Å². The first-order valence-electron chi connectivity index (χ1n) is 9.08. The SMILES string of the molecule is COc1cccc(N2CC[C@H](NC(=O)OCc3ccccc3)[C@H](OC)C2)c1. The van der Waals surface area contributed by atoms with E-state index in [-0.39, 0.29) is 18.8 Å². The molecule has 27 heavy (non-hydrogen) atoms. The molecule has 1 heterocycles. The van der Waals surface area contributed by atoms with Crippen LogP contribution in [0.4, 0.5) is 10.5 Å². The van der Waals surface area contributed by atoms with Crippen LogP contribution in [0.2, 0.25) is 0 Å². The lowest BCUT2D eigenvalue weighted by Crippen LogP contribution is -2.55. The van der Waals surface area contributed by atoms with Gasteiger partial charge in [-0.3, -0.25) is 0 Å². The van der Waals surface area contributed by atoms with Crippen molar-refractivity contribution in [2.75, 3.05) is 32.2 Å². The van der Waals surface area contributed by atoms with Crippen molar-refractivity contribution in [3.8, 4) is 5.75 Å². The number of carbonyl (C=O) groups is 1. The average Bonchev–Trinajstić information content (AvgIpc) is 2.73. The molecular formula is C21H26N2O4. The van der Waals surface area contributed by atoms with Crippen LogP contribution >= 0.6 is 0 Å². The number of ether oxygens (including phenoxy) is 3. The lowest BCUT2D eigenvalue weighted by atomic mass is 10.0. The predicted molar refractivity (Wildman–Crippen MR) is 104 cm³/mol. The highest BCUT2D eigenvalue weighted by atomic mass is 16.5. The molecule has 2 aromatic rings. The molecule has 2 atom stereocenters. The van der Waals surface area contributed by atoms with Gasteiger partial charge in [0.2, 0.25) is 0 Å². The van der Waals surface area contributed by atoms with Gasteiger partial charge in [0.1, 0.15) is 12.4 Å². The maximum absolute atomic E-state index is 12.2. The number of anilines is 1. The maximum Gasteiger partial charge on any atom is 0.407 e. The molecule has 1 N–H and O–H groups in total. The zero-order chi connectivity index (χ0) is 19.1. The third-order valence-electron chi connectivity index (χ3n) is 4.80. The highest BCUT2D eigenvalue weighted by molar-refractivity contribution is 5.67. The van der Waals surface area contributed by atoms with E-state index in [0.717, 1.165) is 30.0 Å². The Balaban J connectivity index is 1.54. The summed E-state index contributed by atoms with van der Waals surface area (Å²) in [5, 5.41) is 2.95. The summed E-state index contributed by atoms with van der Waals surface area (Å²) >= 11 is 0. The van der Waals surface area contributed by atoms with Crippen molar-refractivity contribution in [2.45, 2.75) is 25.2 Å².